The van der Waals surface area contributed by atoms with Gasteiger partial charge in [0.25, 0.3) is 5.56 Å². The Morgan fingerprint density at radius 2 is 1.70 bits per heavy atom. The van der Waals surface area contributed by atoms with E-state index in [2.05, 4.69) is 0 Å². The summed E-state index contributed by atoms with van der Waals surface area (Å²) in [5.74, 6) is -5.02. The van der Waals surface area contributed by atoms with E-state index in [0.29, 0.717) is 0 Å². The molecule has 6 N–H and O–H groups in total. The van der Waals surface area contributed by atoms with Crippen molar-refractivity contribution in [3.8, 4) is 22.6 Å². The maximum absolute atomic E-state index is 12.0. The van der Waals surface area contributed by atoms with Crippen molar-refractivity contribution in [2.45, 2.75) is 0 Å². The first kappa shape index (κ1) is 19.3. The molecule has 0 amide bonds. The summed E-state index contributed by atoms with van der Waals surface area (Å²) < 4.78 is 10.1. The number of aliphatic carboxylic acids is 1. The molecule has 11 heteroatoms. The number of hydrogen-bond acceptors (Lipinski definition) is 7. The highest BCUT2D eigenvalue weighted by molar-refractivity contribution is 6.07. The number of rotatable bonds is 7. The summed E-state index contributed by atoms with van der Waals surface area (Å²) in [6.07, 6.45) is 0. The summed E-state index contributed by atoms with van der Waals surface area (Å²) in [5.41, 5.74) is 2.52. The van der Waals surface area contributed by atoms with E-state index in [1.807, 2.05) is 4.98 Å². The number of hydrogen-bond donors (Lipinski definition) is 5. The standard InChI is InChI=1S/C16H14N2O9/c1-26-7-3-2-6(4-8(7)27-5-9(19)20)10-11(15(22)23)13(17)18-14(21)12(10)16(24)25/h2-4H,5H2,1H3,(H,19,20)(H,22,23)(H,24,25)(H3,17,18,21). The van der Waals surface area contributed by atoms with Gasteiger partial charge in [-0.15, -0.1) is 0 Å². The number of benzene rings is 1. The Hall–Kier alpha value is -4.02. The molecule has 0 spiro atoms. The third kappa shape index (κ3) is 3.81. The molecule has 11 nitrogen and oxygen atoms in total. The molecular formula is C16H14N2O9. The highest BCUT2D eigenvalue weighted by atomic mass is 16.5. The van der Waals surface area contributed by atoms with Gasteiger partial charge in [0.05, 0.1) is 7.11 Å². The van der Waals surface area contributed by atoms with E-state index < -0.39 is 52.6 Å². The average Bonchev–Trinajstić information content (AvgIpc) is 2.58. The van der Waals surface area contributed by atoms with Gasteiger partial charge in [0.2, 0.25) is 0 Å². The number of nitrogens with two attached hydrogens (primary N) is 1. The van der Waals surface area contributed by atoms with Gasteiger partial charge in [-0.05, 0) is 17.7 Å². The SMILES string of the molecule is COc1ccc(-c2c(C(=O)O)c(N)[nH]c(=O)c2C(=O)O)cc1OCC(=O)O. The minimum absolute atomic E-state index is 0.0382. The van der Waals surface area contributed by atoms with Crippen molar-refractivity contribution < 1.29 is 39.2 Å². The Morgan fingerprint density at radius 1 is 1.07 bits per heavy atom. The number of carboxylic acid groups (broad SMARTS) is 3. The van der Waals surface area contributed by atoms with Crippen molar-refractivity contribution in [2.75, 3.05) is 19.5 Å². The number of H-pyrrole nitrogens is 1. The van der Waals surface area contributed by atoms with Crippen LogP contribution in [0, 0.1) is 0 Å². The molecule has 0 radical (unpaired) electrons. The number of aromatic nitrogens is 1. The smallest absolute Gasteiger partial charge is 0.342 e. The monoisotopic (exact) mass is 378 g/mol. The second-order valence-corrected chi connectivity index (χ2v) is 5.15. The van der Waals surface area contributed by atoms with E-state index in [1.165, 1.54) is 19.2 Å². The van der Waals surface area contributed by atoms with Crippen LogP contribution in [-0.2, 0) is 4.79 Å². The summed E-state index contributed by atoms with van der Waals surface area (Å²) in [7, 11) is 1.29. The summed E-state index contributed by atoms with van der Waals surface area (Å²) in [4.78, 5) is 47.9. The number of ether oxygens (including phenoxy) is 2. The van der Waals surface area contributed by atoms with Gasteiger partial charge >= 0.3 is 17.9 Å². The van der Waals surface area contributed by atoms with Gasteiger partial charge in [-0.3, -0.25) is 4.79 Å². The van der Waals surface area contributed by atoms with Gasteiger partial charge < -0.3 is 35.5 Å². The molecule has 0 bridgehead atoms. The fourth-order valence-corrected chi connectivity index (χ4v) is 2.42. The summed E-state index contributed by atoms with van der Waals surface area (Å²) >= 11 is 0. The Labute approximate surface area is 150 Å². The summed E-state index contributed by atoms with van der Waals surface area (Å²) in [6, 6.07) is 3.76. The van der Waals surface area contributed by atoms with Crippen LogP contribution >= 0.6 is 0 Å². The number of methoxy groups -OCH3 is 1. The first-order valence-corrected chi connectivity index (χ1v) is 7.22. The van der Waals surface area contributed by atoms with Gasteiger partial charge in [0, 0.05) is 5.56 Å². The quantitative estimate of drug-likeness (QED) is 0.453. The minimum Gasteiger partial charge on any atom is -0.493 e. The zero-order chi connectivity index (χ0) is 20.3. The number of pyridine rings is 1. The predicted molar refractivity (Wildman–Crippen MR) is 90.5 cm³/mol. The molecule has 0 aliphatic rings. The maximum atomic E-state index is 12.0. The Morgan fingerprint density at radius 3 is 2.22 bits per heavy atom. The van der Waals surface area contributed by atoms with Gasteiger partial charge in [-0.1, -0.05) is 6.07 Å². The van der Waals surface area contributed by atoms with Crippen molar-refractivity contribution in [1.29, 1.82) is 0 Å². The lowest BCUT2D eigenvalue weighted by atomic mass is 9.95. The van der Waals surface area contributed by atoms with Crippen LogP contribution in [0.3, 0.4) is 0 Å². The Kier molecular flexibility index (Phi) is 5.34. The van der Waals surface area contributed by atoms with Crippen LogP contribution in [0.2, 0.25) is 0 Å². The number of carboxylic acids is 3. The second-order valence-electron chi connectivity index (χ2n) is 5.15. The van der Waals surface area contributed by atoms with Crippen molar-refractivity contribution in [3.63, 3.8) is 0 Å². The molecule has 2 rings (SSSR count). The van der Waals surface area contributed by atoms with Gasteiger partial charge in [0.15, 0.2) is 18.1 Å². The molecule has 0 atom stereocenters. The lowest BCUT2D eigenvalue weighted by Gasteiger charge is -2.15. The first-order chi connectivity index (χ1) is 12.7. The number of nitrogens with one attached hydrogen (secondary N) is 1. The van der Waals surface area contributed by atoms with Crippen molar-refractivity contribution in [3.05, 3.63) is 39.7 Å². The predicted octanol–water partition coefficient (Wildman–Crippen LogP) is 0.492. The fourth-order valence-electron chi connectivity index (χ4n) is 2.42. The normalized spacial score (nSPS) is 10.3. The zero-order valence-corrected chi connectivity index (χ0v) is 13.8. The molecule has 0 fully saturated rings. The van der Waals surface area contributed by atoms with Crippen LogP contribution in [0.25, 0.3) is 11.1 Å². The van der Waals surface area contributed by atoms with Gasteiger partial charge in [-0.25, -0.2) is 14.4 Å². The molecule has 0 saturated heterocycles. The number of aromatic carboxylic acids is 2. The molecule has 1 aromatic heterocycles. The molecule has 1 heterocycles. The van der Waals surface area contributed by atoms with E-state index in [-0.39, 0.29) is 17.1 Å². The van der Waals surface area contributed by atoms with Gasteiger partial charge in [0.1, 0.15) is 16.9 Å². The van der Waals surface area contributed by atoms with E-state index in [4.69, 9.17) is 20.3 Å². The third-order valence-corrected chi connectivity index (χ3v) is 3.48. The molecule has 2 aromatic rings. The van der Waals surface area contributed by atoms with Crippen LogP contribution in [0.1, 0.15) is 20.7 Å². The molecule has 27 heavy (non-hydrogen) atoms. The number of anilines is 1. The number of aromatic amines is 1. The maximum Gasteiger partial charge on any atom is 0.342 e. The van der Waals surface area contributed by atoms with E-state index in [1.54, 1.807) is 0 Å². The average molecular weight is 378 g/mol. The summed E-state index contributed by atoms with van der Waals surface area (Å²) in [5, 5.41) is 27.5. The molecule has 0 unspecified atom stereocenters. The minimum atomic E-state index is -1.67. The van der Waals surface area contributed by atoms with Crippen LogP contribution in [0.4, 0.5) is 5.82 Å². The van der Waals surface area contributed by atoms with Crippen molar-refractivity contribution in [1.82, 2.24) is 4.98 Å². The first-order valence-electron chi connectivity index (χ1n) is 7.22. The highest BCUT2D eigenvalue weighted by Gasteiger charge is 2.27. The van der Waals surface area contributed by atoms with E-state index in [9.17, 15) is 29.4 Å². The van der Waals surface area contributed by atoms with Crippen LogP contribution in [0.5, 0.6) is 11.5 Å². The van der Waals surface area contributed by atoms with E-state index in [0.717, 1.165) is 6.07 Å². The molecule has 0 saturated carbocycles. The van der Waals surface area contributed by atoms with Crippen molar-refractivity contribution in [2.24, 2.45) is 0 Å². The molecular weight excluding hydrogens is 364 g/mol. The largest absolute Gasteiger partial charge is 0.493 e. The van der Waals surface area contributed by atoms with Crippen molar-refractivity contribution >= 4 is 23.7 Å². The number of carbonyl (C=O) groups is 3. The van der Waals surface area contributed by atoms with Gasteiger partial charge in [-0.2, -0.15) is 0 Å². The molecule has 0 aliphatic heterocycles. The highest BCUT2D eigenvalue weighted by Crippen LogP contribution is 2.36. The van der Waals surface area contributed by atoms with Crippen LogP contribution in [-0.4, -0.2) is 51.9 Å². The topological polar surface area (TPSA) is 189 Å². The molecule has 1 aromatic carbocycles. The zero-order valence-electron chi connectivity index (χ0n) is 13.8. The molecule has 142 valence electrons. The molecule has 0 aliphatic carbocycles. The Bertz CT molecular complexity index is 994. The Balaban J connectivity index is 2.82. The van der Waals surface area contributed by atoms with E-state index >= 15 is 0 Å². The second kappa shape index (κ2) is 7.47. The summed E-state index contributed by atoms with van der Waals surface area (Å²) in [6.45, 7) is -0.727. The lowest BCUT2D eigenvalue weighted by molar-refractivity contribution is -0.139. The van der Waals surface area contributed by atoms with Crippen LogP contribution < -0.4 is 20.8 Å². The van der Waals surface area contributed by atoms with Crippen LogP contribution in [0.15, 0.2) is 23.0 Å². The lowest BCUT2D eigenvalue weighted by Crippen LogP contribution is -2.24. The number of nitrogen functional groups attached to an aromatic ring is 1. The fraction of sp³-hybridized carbons (Fsp3) is 0.125. The third-order valence-electron chi connectivity index (χ3n) is 3.48.